The van der Waals surface area contributed by atoms with E-state index < -0.39 is 0 Å². The number of ether oxygens (including phenoxy) is 1. The fourth-order valence-electron chi connectivity index (χ4n) is 4.33. The van der Waals surface area contributed by atoms with Gasteiger partial charge in [-0.1, -0.05) is 49.2 Å². The summed E-state index contributed by atoms with van der Waals surface area (Å²) in [4.78, 5) is 10.0. The number of nitrogens with zero attached hydrogens (tertiary/aromatic N) is 2. The van der Waals surface area contributed by atoms with E-state index in [9.17, 15) is 0 Å². The van der Waals surface area contributed by atoms with Gasteiger partial charge in [-0.25, -0.2) is 9.97 Å². The summed E-state index contributed by atoms with van der Waals surface area (Å²) in [5, 5.41) is 4.90. The number of fused-ring (bicyclic) bond motifs is 1. The van der Waals surface area contributed by atoms with Crippen molar-refractivity contribution < 1.29 is 4.74 Å². The highest BCUT2D eigenvalue weighted by atomic mass is 35.5. The minimum absolute atomic E-state index is 0.188. The van der Waals surface area contributed by atoms with Gasteiger partial charge in [0.05, 0.1) is 35.3 Å². The molecule has 0 radical (unpaired) electrons. The van der Waals surface area contributed by atoms with Gasteiger partial charge in [0.1, 0.15) is 11.6 Å². The Morgan fingerprint density at radius 1 is 1.06 bits per heavy atom. The van der Waals surface area contributed by atoms with Crippen molar-refractivity contribution in [1.82, 2.24) is 9.97 Å². The minimum Gasteiger partial charge on any atom is -0.496 e. The lowest BCUT2D eigenvalue weighted by Gasteiger charge is -2.29. The molecule has 0 spiro atoms. The number of methoxy groups -OCH3 is 1. The van der Waals surface area contributed by atoms with E-state index in [0.717, 1.165) is 66.3 Å². The van der Waals surface area contributed by atoms with Crippen molar-refractivity contribution in [2.24, 2.45) is 0 Å². The summed E-state index contributed by atoms with van der Waals surface area (Å²) in [6.45, 7) is 4.19. The highest BCUT2D eigenvalue weighted by Crippen LogP contribution is 2.38. The summed E-state index contributed by atoms with van der Waals surface area (Å²) in [5.41, 5.74) is 6.14. The number of anilines is 1. The van der Waals surface area contributed by atoms with Crippen LogP contribution in [-0.2, 0) is 19.3 Å². The third kappa shape index (κ3) is 4.37. The molecule has 1 aliphatic rings. The maximum Gasteiger partial charge on any atom is 0.148 e. The van der Waals surface area contributed by atoms with E-state index in [1.807, 2.05) is 18.2 Å². The van der Waals surface area contributed by atoms with Crippen molar-refractivity contribution in [3.05, 3.63) is 69.0 Å². The first-order valence-electron chi connectivity index (χ1n) is 10.8. The lowest BCUT2D eigenvalue weighted by Crippen LogP contribution is -2.20. The Morgan fingerprint density at radius 2 is 1.87 bits per heavy atom. The first-order valence-corrected chi connectivity index (χ1v) is 11.6. The Bertz CT molecular complexity index is 1100. The average Bonchev–Trinajstić information content (AvgIpc) is 2.79. The third-order valence-corrected chi connectivity index (χ3v) is 6.44. The van der Waals surface area contributed by atoms with Gasteiger partial charge in [-0.2, -0.15) is 0 Å². The van der Waals surface area contributed by atoms with Gasteiger partial charge in [0, 0.05) is 10.6 Å². The van der Waals surface area contributed by atoms with Gasteiger partial charge in [-0.15, -0.1) is 0 Å². The van der Waals surface area contributed by atoms with Crippen LogP contribution in [0.1, 0.15) is 55.2 Å². The van der Waals surface area contributed by atoms with Crippen molar-refractivity contribution in [3.8, 4) is 17.0 Å². The summed E-state index contributed by atoms with van der Waals surface area (Å²) in [6.07, 6.45) is 4.73. The van der Waals surface area contributed by atoms with Crippen LogP contribution in [-0.4, -0.2) is 17.1 Å². The summed E-state index contributed by atoms with van der Waals surface area (Å²) in [5.74, 6) is 1.82. The molecule has 0 saturated carbocycles. The average molecular weight is 456 g/mol. The van der Waals surface area contributed by atoms with Gasteiger partial charge in [-0.3, -0.25) is 0 Å². The highest BCUT2D eigenvalue weighted by molar-refractivity contribution is 6.36. The molecule has 4 rings (SSSR count). The second-order valence-electron chi connectivity index (χ2n) is 7.76. The largest absolute Gasteiger partial charge is 0.496 e. The van der Waals surface area contributed by atoms with Gasteiger partial charge in [0.15, 0.2) is 0 Å². The fourth-order valence-corrected chi connectivity index (χ4v) is 4.83. The number of benzene rings is 2. The van der Waals surface area contributed by atoms with Crippen LogP contribution < -0.4 is 10.1 Å². The van der Waals surface area contributed by atoms with Crippen LogP contribution in [0.4, 0.5) is 5.82 Å². The number of aryl methyl sites for hydroxylation is 2. The first-order chi connectivity index (χ1) is 15.0. The molecule has 4 nitrogen and oxygen atoms in total. The normalized spacial score (nSPS) is 15.5. The molecule has 0 saturated heterocycles. The Morgan fingerprint density at radius 3 is 2.58 bits per heavy atom. The molecule has 1 N–H and O–H groups in total. The molecule has 0 aliphatic heterocycles. The minimum atomic E-state index is 0.188. The topological polar surface area (TPSA) is 47.0 Å². The van der Waals surface area contributed by atoms with Crippen molar-refractivity contribution in [3.63, 3.8) is 0 Å². The monoisotopic (exact) mass is 455 g/mol. The smallest absolute Gasteiger partial charge is 0.148 e. The molecule has 1 aliphatic carbocycles. The van der Waals surface area contributed by atoms with Gasteiger partial charge in [-0.05, 0) is 67.5 Å². The fraction of sp³-hybridized carbons (Fsp3) is 0.360. The van der Waals surface area contributed by atoms with E-state index in [1.54, 1.807) is 13.2 Å². The van der Waals surface area contributed by atoms with E-state index in [-0.39, 0.29) is 6.04 Å². The summed E-state index contributed by atoms with van der Waals surface area (Å²) < 4.78 is 5.60. The lowest BCUT2D eigenvalue weighted by atomic mass is 9.87. The van der Waals surface area contributed by atoms with Gasteiger partial charge in [0.2, 0.25) is 0 Å². The molecule has 3 aromatic rings. The zero-order valence-electron chi connectivity index (χ0n) is 18.1. The lowest BCUT2D eigenvalue weighted by molar-refractivity contribution is 0.404. The van der Waals surface area contributed by atoms with Crippen LogP contribution >= 0.6 is 23.2 Å². The molecule has 2 aromatic carbocycles. The van der Waals surface area contributed by atoms with E-state index >= 15 is 0 Å². The summed E-state index contributed by atoms with van der Waals surface area (Å²) in [7, 11) is 1.74. The standard InChI is InChI=1S/C25H27Cl2N3O/c1-4-20-24(18-13-12-15(26)14-19(18)27)28-21(5-2)25(29-20)30-22-10-6-9-17-16(22)8-7-11-23(17)31-3/h7-8,11-14,22H,4-6,9-10H2,1-3H3,(H,29,30). The van der Waals surface area contributed by atoms with Crippen LogP contribution in [0.5, 0.6) is 5.75 Å². The molecule has 1 aromatic heterocycles. The molecular weight excluding hydrogens is 429 g/mol. The molecular formula is C25H27Cl2N3O. The Balaban J connectivity index is 1.74. The molecule has 162 valence electrons. The number of nitrogens with one attached hydrogen (secondary N) is 1. The first kappa shape index (κ1) is 21.9. The SMILES string of the molecule is CCc1nc(-c2ccc(Cl)cc2Cl)c(CC)nc1NC1CCCc2c(OC)cccc21. The number of halogens is 2. The van der Waals surface area contributed by atoms with Crippen molar-refractivity contribution >= 4 is 29.0 Å². The van der Waals surface area contributed by atoms with Crippen LogP contribution in [0.25, 0.3) is 11.3 Å². The Kier molecular flexibility index (Phi) is 6.68. The molecule has 6 heteroatoms. The number of hydrogen-bond acceptors (Lipinski definition) is 4. The summed E-state index contributed by atoms with van der Waals surface area (Å²) >= 11 is 12.6. The van der Waals surface area contributed by atoms with Crippen molar-refractivity contribution in [2.45, 2.75) is 52.0 Å². The second kappa shape index (κ2) is 9.46. The zero-order chi connectivity index (χ0) is 22.0. The van der Waals surface area contributed by atoms with Crippen LogP contribution in [0.3, 0.4) is 0 Å². The van der Waals surface area contributed by atoms with Crippen LogP contribution in [0.2, 0.25) is 10.0 Å². The third-order valence-electron chi connectivity index (χ3n) is 5.89. The molecule has 1 atom stereocenters. The molecule has 1 unspecified atom stereocenters. The highest BCUT2D eigenvalue weighted by Gasteiger charge is 2.25. The summed E-state index contributed by atoms with van der Waals surface area (Å²) in [6, 6.07) is 12.0. The van der Waals surface area contributed by atoms with Gasteiger partial charge < -0.3 is 10.1 Å². The molecule has 0 fully saturated rings. The Hall–Kier alpha value is -2.30. The maximum atomic E-state index is 6.49. The quantitative estimate of drug-likeness (QED) is 0.431. The van der Waals surface area contributed by atoms with Crippen LogP contribution in [0.15, 0.2) is 36.4 Å². The number of aromatic nitrogens is 2. The Labute approximate surface area is 194 Å². The predicted molar refractivity (Wildman–Crippen MR) is 129 cm³/mol. The molecule has 1 heterocycles. The van der Waals surface area contributed by atoms with E-state index in [2.05, 4.69) is 31.3 Å². The van der Waals surface area contributed by atoms with Crippen molar-refractivity contribution in [1.29, 1.82) is 0 Å². The molecule has 0 amide bonds. The van der Waals surface area contributed by atoms with E-state index in [0.29, 0.717) is 10.0 Å². The number of rotatable bonds is 6. The van der Waals surface area contributed by atoms with Gasteiger partial charge >= 0.3 is 0 Å². The molecule has 0 bridgehead atoms. The predicted octanol–water partition coefficient (Wildman–Crippen LogP) is 7.07. The number of hydrogen-bond donors (Lipinski definition) is 1. The van der Waals surface area contributed by atoms with E-state index in [4.69, 9.17) is 37.9 Å². The molecule has 31 heavy (non-hydrogen) atoms. The van der Waals surface area contributed by atoms with Gasteiger partial charge in [0.25, 0.3) is 0 Å². The maximum absolute atomic E-state index is 6.49. The second-order valence-corrected chi connectivity index (χ2v) is 8.61. The van der Waals surface area contributed by atoms with Crippen LogP contribution in [0, 0.1) is 0 Å². The van der Waals surface area contributed by atoms with E-state index in [1.165, 1.54) is 11.1 Å². The zero-order valence-corrected chi connectivity index (χ0v) is 19.6. The van der Waals surface area contributed by atoms with Crippen molar-refractivity contribution in [2.75, 3.05) is 12.4 Å².